The van der Waals surface area contributed by atoms with Crippen LogP contribution in [0.15, 0.2) is 24.3 Å². The third-order valence-electron chi connectivity index (χ3n) is 4.19. The summed E-state index contributed by atoms with van der Waals surface area (Å²) >= 11 is 0. The predicted molar refractivity (Wildman–Crippen MR) is 70.9 cm³/mol. The molecule has 1 aromatic carbocycles. The van der Waals surface area contributed by atoms with E-state index in [1.54, 1.807) is 0 Å². The molecule has 3 rings (SSSR count). The second kappa shape index (κ2) is 4.94. The summed E-state index contributed by atoms with van der Waals surface area (Å²) in [7, 11) is 0. The Labute approximate surface area is 112 Å². The first-order chi connectivity index (χ1) is 9.18. The molecule has 0 radical (unpaired) electrons. The largest absolute Gasteiger partial charge is 0.388 e. The Bertz CT molecular complexity index is 480. The summed E-state index contributed by atoms with van der Waals surface area (Å²) in [5.74, 6) is -0.0155. The molecule has 4 nitrogen and oxygen atoms in total. The van der Waals surface area contributed by atoms with Gasteiger partial charge in [-0.1, -0.05) is 24.3 Å². The molecule has 1 aliphatic heterocycles. The topological polar surface area (TPSA) is 58.6 Å². The van der Waals surface area contributed by atoms with Gasteiger partial charge < -0.3 is 15.2 Å². The lowest BCUT2D eigenvalue weighted by Gasteiger charge is -2.34. The zero-order chi connectivity index (χ0) is 13.3. The number of ether oxygens (including phenoxy) is 1. The highest BCUT2D eigenvalue weighted by Gasteiger charge is 2.34. The number of hydrogen-bond donors (Lipinski definition) is 2. The van der Waals surface area contributed by atoms with E-state index in [-0.39, 0.29) is 11.8 Å². The van der Waals surface area contributed by atoms with Gasteiger partial charge in [-0.15, -0.1) is 0 Å². The van der Waals surface area contributed by atoms with E-state index in [1.165, 1.54) is 5.56 Å². The van der Waals surface area contributed by atoms with Crippen LogP contribution in [0.5, 0.6) is 0 Å². The van der Waals surface area contributed by atoms with Gasteiger partial charge in [0.05, 0.1) is 11.5 Å². The number of benzene rings is 1. The molecule has 1 saturated heterocycles. The van der Waals surface area contributed by atoms with Gasteiger partial charge in [-0.25, -0.2) is 0 Å². The molecule has 1 unspecified atom stereocenters. The van der Waals surface area contributed by atoms with Gasteiger partial charge in [0, 0.05) is 32.6 Å². The van der Waals surface area contributed by atoms with E-state index in [4.69, 9.17) is 4.74 Å². The molecule has 1 aliphatic carbocycles. The van der Waals surface area contributed by atoms with Crippen molar-refractivity contribution in [2.75, 3.05) is 19.8 Å². The van der Waals surface area contributed by atoms with Crippen LogP contribution >= 0.6 is 0 Å². The monoisotopic (exact) mass is 261 g/mol. The molecule has 1 heterocycles. The number of carbonyl (C=O) groups excluding carboxylic acids is 1. The molecule has 1 atom stereocenters. The second-order valence-electron chi connectivity index (χ2n) is 5.51. The van der Waals surface area contributed by atoms with Crippen molar-refractivity contribution in [3.63, 3.8) is 0 Å². The Balaban J connectivity index is 1.56. The highest BCUT2D eigenvalue weighted by Crippen LogP contribution is 2.34. The second-order valence-corrected chi connectivity index (χ2v) is 5.51. The highest BCUT2D eigenvalue weighted by atomic mass is 16.5. The maximum Gasteiger partial charge on any atom is 0.227 e. The summed E-state index contributed by atoms with van der Waals surface area (Å²) in [6.07, 6.45) is 1.99. The highest BCUT2D eigenvalue weighted by molar-refractivity contribution is 5.86. The molecule has 0 saturated carbocycles. The summed E-state index contributed by atoms with van der Waals surface area (Å²) < 4.78 is 5.23. The van der Waals surface area contributed by atoms with Gasteiger partial charge in [0.2, 0.25) is 5.91 Å². The van der Waals surface area contributed by atoms with Crippen molar-refractivity contribution >= 4 is 5.91 Å². The zero-order valence-corrected chi connectivity index (χ0v) is 10.9. The van der Waals surface area contributed by atoms with Crippen LogP contribution in [0.3, 0.4) is 0 Å². The maximum absolute atomic E-state index is 12.1. The van der Waals surface area contributed by atoms with Crippen LogP contribution in [0.2, 0.25) is 0 Å². The van der Waals surface area contributed by atoms with E-state index in [0.29, 0.717) is 32.6 Å². The summed E-state index contributed by atoms with van der Waals surface area (Å²) in [6.45, 7) is 1.46. The van der Waals surface area contributed by atoms with Crippen LogP contribution in [-0.4, -0.2) is 36.4 Å². The van der Waals surface area contributed by atoms with E-state index in [0.717, 1.165) is 12.0 Å². The molecular weight excluding hydrogens is 242 g/mol. The lowest BCUT2D eigenvalue weighted by atomic mass is 9.77. The molecule has 19 heavy (non-hydrogen) atoms. The van der Waals surface area contributed by atoms with Crippen molar-refractivity contribution in [3.05, 3.63) is 35.4 Å². The number of nitrogens with one attached hydrogen (secondary N) is 1. The van der Waals surface area contributed by atoms with Crippen LogP contribution in [-0.2, 0) is 16.0 Å². The van der Waals surface area contributed by atoms with Gasteiger partial charge in [-0.3, -0.25) is 4.79 Å². The minimum Gasteiger partial charge on any atom is -0.388 e. The van der Waals surface area contributed by atoms with Crippen molar-refractivity contribution in [2.24, 2.45) is 0 Å². The number of amides is 1. The van der Waals surface area contributed by atoms with E-state index in [2.05, 4.69) is 11.4 Å². The first-order valence-electron chi connectivity index (χ1n) is 6.84. The summed E-state index contributed by atoms with van der Waals surface area (Å²) in [4.78, 5) is 12.1. The fourth-order valence-corrected chi connectivity index (χ4v) is 2.80. The third-order valence-corrected chi connectivity index (χ3v) is 4.19. The fraction of sp³-hybridized carbons (Fsp3) is 0.533. The third kappa shape index (κ3) is 2.51. The van der Waals surface area contributed by atoms with Crippen LogP contribution in [0.4, 0.5) is 0 Å². The molecule has 0 aromatic heterocycles. The molecule has 4 heteroatoms. The fourth-order valence-electron chi connectivity index (χ4n) is 2.80. The number of rotatable bonds is 3. The van der Waals surface area contributed by atoms with E-state index < -0.39 is 5.60 Å². The summed E-state index contributed by atoms with van der Waals surface area (Å²) in [6, 6.07) is 8.03. The minimum absolute atomic E-state index is 0.0265. The molecule has 2 aliphatic rings. The van der Waals surface area contributed by atoms with E-state index >= 15 is 0 Å². The number of hydrogen-bond acceptors (Lipinski definition) is 3. The van der Waals surface area contributed by atoms with Crippen molar-refractivity contribution in [1.29, 1.82) is 0 Å². The molecule has 0 spiro atoms. The van der Waals surface area contributed by atoms with Crippen LogP contribution in [0, 0.1) is 0 Å². The summed E-state index contributed by atoms with van der Waals surface area (Å²) in [5, 5.41) is 13.2. The van der Waals surface area contributed by atoms with Gasteiger partial charge in [0.1, 0.15) is 0 Å². The Morgan fingerprint density at radius 2 is 2.11 bits per heavy atom. The van der Waals surface area contributed by atoms with Crippen molar-refractivity contribution in [3.8, 4) is 0 Å². The minimum atomic E-state index is -0.794. The maximum atomic E-state index is 12.1. The number of aliphatic hydroxyl groups is 1. The lowest BCUT2D eigenvalue weighted by Crippen LogP contribution is -2.48. The van der Waals surface area contributed by atoms with Gasteiger partial charge >= 0.3 is 0 Å². The smallest absolute Gasteiger partial charge is 0.227 e. The van der Waals surface area contributed by atoms with Crippen molar-refractivity contribution < 1.29 is 14.6 Å². The van der Waals surface area contributed by atoms with Gasteiger partial charge in [-0.05, 0) is 17.5 Å². The molecule has 1 fully saturated rings. The standard InChI is InChI=1S/C15H19NO3/c17-14(13-9-11-3-1-2-4-12(11)13)16-10-15(18)5-7-19-8-6-15/h1-4,13,18H,5-10H2,(H,16,17). The van der Waals surface area contributed by atoms with E-state index in [9.17, 15) is 9.90 Å². The van der Waals surface area contributed by atoms with Crippen LogP contribution < -0.4 is 5.32 Å². The number of carbonyl (C=O) groups is 1. The van der Waals surface area contributed by atoms with Crippen LogP contribution in [0.1, 0.15) is 29.9 Å². The normalized spacial score (nSPS) is 24.2. The Morgan fingerprint density at radius 3 is 2.84 bits per heavy atom. The van der Waals surface area contributed by atoms with Gasteiger partial charge in [0.25, 0.3) is 0 Å². The quantitative estimate of drug-likeness (QED) is 0.853. The average Bonchev–Trinajstić information content (AvgIpc) is 2.39. The average molecular weight is 261 g/mol. The van der Waals surface area contributed by atoms with Gasteiger partial charge in [-0.2, -0.15) is 0 Å². The summed E-state index contributed by atoms with van der Waals surface area (Å²) in [5.41, 5.74) is 1.59. The number of fused-ring (bicyclic) bond motifs is 1. The van der Waals surface area contributed by atoms with Crippen molar-refractivity contribution in [1.82, 2.24) is 5.32 Å². The molecule has 1 amide bonds. The Kier molecular flexibility index (Phi) is 3.29. The Hall–Kier alpha value is -1.39. The predicted octanol–water partition coefficient (Wildman–Crippen LogP) is 0.984. The van der Waals surface area contributed by atoms with Crippen molar-refractivity contribution in [2.45, 2.75) is 30.8 Å². The molecule has 102 valence electrons. The zero-order valence-electron chi connectivity index (χ0n) is 10.9. The molecular formula is C15H19NO3. The van der Waals surface area contributed by atoms with E-state index in [1.807, 2.05) is 18.2 Å². The lowest BCUT2D eigenvalue weighted by molar-refractivity contribution is -0.125. The first kappa shape index (κ1) is 12.6. The molecule has 0 bridgehead atoms. The SMILES string of the molecule is O=C(NCC1(O)CCOCC1)C1Cc2ccccc21. The first-order valence-corrected chi connectivity index (χ1v) is 6.84. The Morgan fingerprint density at radius 1 is 1.37 bits per heavy atom. The van der Waals surface area contributed by atoms with Crippen LogP contribution in [0.25, 0.3) is 0 Å². The molecule has 2 N–H and O–H groups in total. The molecule has 1 aromatic rings. The van der Waals surface area contributed by atoms with Gasteiger partial charge in [0.15, 0.2) is 0 Å².